The molecule has 1 aromatic rings. The maximum atomic E-state index is 6.76. The van der Waals surface area contributed by atoms with Crippen LogP contribution in [-0.4, -0.2) is 36.3 Å². The highest BCUT2D eigenvalue weighted by Gasteiger charge is 2.58. The van der Waals surface area contributed by atoms with E-state index >= 15 is 0 Å². The fraction of sp³-hybridized carbons (Fsp3) is 0.762. The molecule has 2 atom stereocenters. The first-order valence-corrected chi connectivity index (χ1v) is 10.3. The van der Waals surface area contributed by atoms with E-state index in [1.54, 1.807) is 0 Å². The zero-order valence-electron chi connectivity index (χ0n) is 16.5. The Balaban J connectivity index is 1.49. The van der Waals surface area contributed by atoms with Crippen molar-refractivity contribution in [3.8, 4) is 0 Å². The maximum absolute atomic E-state index is 6.76. The van der Waals surface area contributed by atoms with Crippen molar-refractivity contribution >= 4 is 5.82 Å². The average molecular weight is 359 g/mol. The summed E-state index contributed by atoms with van der Waals surface area (Å²) in [5.41, 5.74) is 15.3. The van der Waals surface area contributed by atoms with Gasteiger partial charge in [0.25, 0.3) is 0 Å². The Morgan fingerprint density at radius 3 is 2.27 bits per heavy atom. The number of rotatable bonds is 4. The van der Waals surface area contributed by atoms with Crippen LogP contribution in [0.25, 0.3) is 0 Å². The molecule has 1 saturated heterocycles. The summed E-state index contributed by atoms with van der Waals surface area (Å²) in [5, 5.41) is 0. The third-order valence-corrected chi connectivity index (χ3v) is 6.85. The summed E-state index contributed by atoms with van der Waals surface area (Å²) in [6.07, 6.45) is 7.07. The number of aryl methyl sites for hydroxylation is 1. The van der Waals surface area contributed by atoms with E-state index in [2.05, 4.69) is 37.8 Å². The molecule has 1 aromatic heterocycles. The standard InChI is InChI=1S/C21H34N4O/c1-4-16-10-25(11-17(5-2)26-16)19-7-6-18(14(3)24-19)21(23)12-20(13-21)8-15(22)9-20/h6-7,15-17H,4-5,8-13,22-23H2,1-3H3/t15?,16-,17-,20?,21?/m1/s1. The Morgan fingerprint density at radius 1 is 1.15 bits per heavy atom. The first kappa shape index (κ1) is 18.2. The van der Waals surface area contributed by atoms with Crippen molar-refractivity contribution in [3.63, 3.8) is 0 Å². The third kappa shape index (κ3) is 3.04. The largest absolute Gasteiger partial charge is 0.371 e. The molecule has 0 radical (unpaired) electrons. The number of anilines is 1. The molecular formula is C21H34N4O. The highest BCUT2D eigenvalue weighted by Crippen LogP contribution is 2.62. The zero-order chi connectivity index (χ0) is 18.5. The van der Waals surface area contributed by atoms with Crippen LogP contribution in [0.1, 0.15) is 63.6 Å². The smallest absolute Gasteiger partial charge is 0.128 e. The van der Waals surface area contributed by atoms with E-state index in [9.17, 15) is 0 Å². The molecule has 4 N–H and O–H groups in total. The van der Waals surface area contributed by atoms with Crippen molar-refractivity contribution < 1.29 is 4.74 Å². The number of hydrogen-bond acceptors (Lipinski definition) is 5. The molecule has 2 aliphatic carbocycles. The van der Waals surface area contributed by atoms with E-state index < -0.39 is 0 Å². The predicted octanol–water partition coefficient (Wildman–Crippen LogP) is 2.84. The molecule has 1 aliphatic heterocycles. The molecule has 0 aromatic carbocycles. The van der Waals surface area contributed by atoms with Gasteiger partial charge < -0.3 is 21.1 Å². The lowest BCUT2D eigenvalue weighted by Crippen LogP contribution is -2.63. The van der Waals surface area contributed by atoms with Crippen LogP contribution in [0, 0.1) is 12.3 Å². The maximum Gasteiger partial charge on any atom is 0.128 e. The van der Waals surface area contributed by atoms with Gasteiger partial charge in [0.2, 0.25) is 0 Å². The van der Waals surface area contributed by atoms with Crippen LogP contribution < -0.4 is 16.4 Å². The van der Waals surface area contributed by atoms with E-state index in [4.69, 9.17) is 21.2 Å². The highest BCUT2D eigenvalue weighted by atomic mass is 16.5. The van der Waals surface area contributed by atoms with Crippen molar-refractivity contribution in [2.45, 2.75) is 83.1 Å². The van der Waals surface area contributed by atoms with Gasteiger partial charge in [0.15, 0.2) is 0 Å². The SMILES string of the molecule is CC[C@@H]1CN(c2ccc(C3(N)CC4(CC(N)C4)C3)c(C)n2)C[C@@H](CC)O1. The van der Waals surface area contributed by atoms with Crippen LogP contribution in [0.2, 0.25) is 0 Å². The van der Waals surface area contributed by atoms with Gasteiger partial charge in [-0.25, -0.2) is 4.98 Å². The van der Waals surface area contributed by atoms with Gasteiger partial charge in [-0.05, 0) is 62.5 Å². The van der Waals surface area contributed by atoms with Crippen molar-refractivity contribution in [2.24, 2.45) is 16.9 Å². The van der Waals surface area contributed by atoms with Crippen LogP contribution in [0.5, 0.6) is 0 Å². The second-order valence-corrected chi connectivity index (χ2v) is 9.08. The van der Waals surface area contributed by atoms with Gasteiger partial charge in [-0.3, -0.25) is 0 Å². The highest BCUT2D eigenvalue weighted by molar-refractivity contribution is 5.45. The molecule has 2 heterocycles. The van der Waals surface area contributed by atoms with E-state index in [0.717, 1.165) is 63.1 Å². The van der Waals surface area contributed by atoms with Crippen LogP contribution in [0.4, 0.5) is 5.82 Å². The van der Waals surface area contributed by atoms with Crippen LogP contribution in [0.3, 0.4) is 0 Å². The summed E-state index contributed by atoms with van der Waals surface area (Å²) in [6, 6.07) is 4.78. The number of aromatic nitrogens is 1. The number of pyridine rings is 1. The van der Waals surface area contributed by atoms with E-state index in [0.29, 0.717) is 23.7 Å². The Kier molecular flexibility index (Phi) is 4.53. The van der Waals surface area contributed by atoms with E-state index in [1.165, 1.54) is 5.56 Å². The third-order valence-electron chi connectivity index (χ3n) is 6.85. The monoisotopic (exact) mass is 358 g/mol. The number of nitrogens with two attached hydrogens (primary N) is 2. The molecule has 0 unspecified atom stereocenters. The molecule has 0 amide bonds. The minimum absolute atomic E-state index is 0.210. The fourth-order valence-electron chi connectivity index (χ4n) is 5.63. The minimum atomic E-state index is -0.210. The van der Waals surface area contributed by atoms with Gasteiger partial charge in [0.05, 0.1) is 12.2 Å². The van der Waals surface area contributed by atoms with Gasteiger partial charge in [-0.1, -0.05) is 19.9 Å². The van der Waals surface area contributed by atoms with Crippen molar-refractivity contribution in [2.75, 3.05) is 18.0 Å². The molecule has 3 fully saturated rings. The van der Waals surface area contributed by atoms with Crippen LogP contribution >= 0.6 is 0 Å². The fourth-order valence-corrected chi connectivity index (χ4v) is 5.63. The summed E-state index contributed by atoms with van der Waals surface area (Å²) >= 11 is 0. The Hall–Kier alpha value is -1.17. The molecule has 5 nitrogen and oxygen atoms in total. The normalized spacial score (nSPS) is 39.6. The van der Waals surface area contributed by atoms with Crippen molar-refractivity contribution in [3.05, 3.63) is 23.4 Å². The lowest BCUT2D eigenvalue weighted by Gasteiger charge is -2.62. The van der Waals surface area contributed by atoms with E-state index in [-0.39, 0.29) is 5.54 Å². The molecule has 5 heteroatoms. The topological polar surface area (TPSA) is 77.4 Å². The second kappa shape index (κ2) is 6.47. The van der Waals surface area contributed by atoms with Gasteiger partial charge in [-0.2, -0.15) is 0 Å². The lowest BCUT2D eigenvalue weighted by atomic mass is 9.46. The van der Waals surface area contributed by atoms with Crippen molar-refractivity contribution in [1.29, 1.82) is 0 Å². The zero-order valence-corrected chi connectivity index (χ0v) is 16.5. The first-order valence-electron chi connectivity index (χ1n) is 10.3. The number of hydrogen-bond donors (Lipinski definition) is 2. The quantitative estimate of drug-likeness (QED) is 0.865. The summed E-state index contributed by atoms with van der Waals surface area (Å²) in [6.45, 7) is 8.35. The average Bonchev–Trinajstić information content (AvgIpc) is 2.58. The minimum Gasteiger partial charge on any atom is -0.371 e. The first-order chi connectivity index (χ1) is 12.4. The van der Waals surface area contributed by atoms with Crippen LogP contribution in [0.15, 0.2) is 12.1 Å². The molecule has 2 saturated carbocycles. The Labute approximate surface area is 157 Å². The van der Waals surface area contributed by atoms with E-state index in [1.807, 2.05) is 0 Å². The van der Waals surface area contributed by atoms with Gasteiger partial charge in [0, 0.05) is 30.4 Å². The van der Waals surface area contributed by atoms with Crippen molar-refractivity contribution in [1.82, 2.24) is 4.98 Å². The second-order valence-electron chi connectivity index (χ2n) is 9.08. The summed E-state index contributed by atoms with van der Waals surface area (Å²) in [7, 11) is 0. The molecule has 26 heavy (non-hydrogen) atoms. The molecule has 4 rings (SSSR count). The number of nitrogens with zero attached hydrogens (tertiary/aromatic N) is 2. The van der Waals surface area contributed by atoms with Crippen LogP contribution in [-0.2, 0) is 10.3 Å². The summed E-state index contributed by atoms with van der Waals surface area (Å²) in [4.78, 5) is 7.34. The summed E-state index contributed by atoms with van der Waals surface area (Å²) in [5.74, 6) is 1.06. The predicted molar refractivity (Wildman–Crippen MR) is 105 cm³/mol. The molecule has 1 spiro atoms. The van der Waals surface area contributed by atoms with Gasteiger partial charge >= 0.3 is 0 Å². The molecule has 3 aliphatic rings. The number of morpholine rings is 1. The Bertz CT molecular complexity index is 650. The lowest BCUT2D eigenvalue weighted by molar-refractivity contribution is -0.0594. The molecule has 144 valence electrons. The van der Waals surface area contributed by atoms with Gasteiger partial charge in [0.1, 0.15) is 5.82 Å². The summed E-state index contributed by atoms with van der Waals surface area (Å²) < 4.78 is 6.12. The number of ether oxygens (including phenoxy) is 1. The van der Waals surface area contributed by atoms with Gasteiger partial charge in [-0.15, -0.1) is 0 Å². The molecule has 0 bridgehead atoms. The Morgan fingerprint density at radius 2 is 1.77 bits per heavy atom. The molecular weight excluding hydrogens is 324 g/mol.